The predicted molar refractivity (Wildman–Crippen MR) is 70.1 cm³/mol. The van der Waals surface area contributed by atoms with E-state index in [1.54, 1.807) is 0 Å². The molecule has 0 aromatic heterocycles. The van der Waals surface area contributed by atoms with E-state index in [4.69, 9.17) is 4.74 Å². The van der Waals surface area contributed by atoms with Gasteiger partial charge in [0.15, 0.2) is 0 Å². The van der Waals surface area contributed by atoms with Gasteiger partial charge in [-0.05, 0) is 31.4 Å². The Morgan fingerprint density at radius 2 is 1.94 bits per heavy atom. The van der Waals surface area contributed by atoms with Crippen LogP contribution in [0, 0.1) is 0 Å². The van der Waals surface area contributed by atoms with E-state index >= 15 is 0 Å². The third-order valence-electron chi connectivity index (χ3n) is 2.99. The first-order chi connectivity index (χ1) is 8.25. The van der Waals surface area contributed by atoms with Crippen LogP contribution in [0.3, 0.4) is 0 Å². The molecule has 2 rings (SSSR count). The van der Waals surface area contributed by atoms with E-state index in [1.165, 1.54) is 24.7 Å². The molecule has 2 atom stereocenters. The van der Waals surface area contributed by atoms with E-state index in [0.717, 1.165) is 12.8 Å². The molecule has 0 saturated heterocycles. The molecule has 92 valence electrons. The molecule has 1 aliphatic carbocycles. The highest BCUT2D eigenvalue weighted by Crippen LogP contribution is 2.35. The van der Waals surface area contributed by atoms with E-state index in [0.29, 0.717) is 5.25 Å². The number of carbonyl (C=O) groups excluding carboxylic acids is 1. The first-order valence-electron chi connectivity index (χ1n) is 6.14. The zero-order valence-electron chi connectivity index (χ0n) is 10.1. The van der Waals surface area contributed by atoms with Crippen molar-refractivity contribution in [2.45, 2.75) is 48.9 Å². The Balaban J connectivity index is 1.99. The van der Waals surface area contributed by atoms with Crippen molar-refractivity contribution >= 4 is 17.7 Å². The fourth-order valence-electron chi connectivity index (χ4n) is 2.22. The Labute approximate surface area is 107 Å². The van der Waals surface area contributed by atoms with Crippen molar-refractivity contribution in [2.24, 2.45) is 0 Å². The van der Waals surface area contributed by atoms with Crippen molar-refractivity contribution < 1.29 is 9.53 Å². The molecular formula is C14H18O2S. The van der Waals surface area contributed by atoms with Gasteiger partial charge in [0.05, 0.1) is 0 Å². The second kappa shape index (κ2) is 6.10. The summed E-state index contributed by atoms with van der Waals surface area (Å²) in [6.45, 7) is 1.50. The first kappa shape index (κ1) is 12.5. The van der Waals surface area contributed by atoms with E-state index < -0.39 is 0 Å². The average molecular weight is 250 g/mol. The van der Waals surface area contributed by atoms with Crippen LogP contribution < -0.4 is 0 Å². The van der Waals surface area contributed by atoms with Crippen molar-refractivity contribution in [2.75, 3.05) is 0 Å². The molecule has 1 saturated carbocycles. The maximum absolute atomic E-state index is 11.1. The number of rotatable bonds is 3. The molecule has 0 unspecified atom stereocenters. The summed E-state index contributed by atoms with van der Waals surface area (Å²) in [6.07, 6.45) is 4.64. The minimum atomic E-state index is -0.157. The van der Waals surface area contributed by atoms with Crippen molar-refractivity contribution in [1.29, 1.82) is 0 Å². The number of thioether (sulfide) groups is 1. The monoisotopic (exact) mass is 250 g/mol. The lowest BCUT2D eigenvalue weighted by Gasteiger charge is -2.30. The van der Waals surface area contributed by atoms with Gasteiger partial charge in [0, 0.05) is 17.1 Å². The smallest absolute Gasteiger partial charge is 0.302 e. The Kier molecular flexibility index (Phi) is 4.49. The Hall–Kier alpha value is -0.960. The summed E-state index contributed by atoms with van der Waals surface area (Å²) >= 11 is 1.84. The minimum absolute atomic E-state index is 0.0893. The SMILES string of the molecule is CC(=O)O[C@H]1CCCC[C@H]1Sc1ccccc1. The Morgan fingerprint density at radius 1 is 1.24 bits per heavy atom. The molecule has 0 radical (unpaired) electrons. The maximum Gasteiger partial charge on any atom is 0.302 e. The van der Waals surface area contributed by atoms with Crippen LogP contribution in [0.1, 0.15) is 32.6 Å². The summed E-state index contributed by atoms with van der Waals surface area (Å²) in [5, 5.41) is 0.412. The van der Waals surface area contributed by atoms with Gasteiger partial charge in [-0.3, -0.25) is 4.79 Å². The van der Waals surface area contributed by atoms with E-state index in [-0.39, 0.29) is 12.1 Å². The van der Waals surface area contributed by atoms with Crippen molar-refractivity contribution in [1.82, 2.24) is 0 Å². The summed E-state index contributed by atoms with van der Waals surface area (Å²) in [4.78, 5) is 12.3. The second-order valence-electron chi connectivity index (χ2n) is 4.40. The van der Waals surface area contributed by atoms with Crippen LogP contribution in [0.5, 0.6) is 0 Å². The maximum atomic E-state index is 11.1. The van der Waals surface area contributed by atoms with Crippen LogP contribution in [-0.4, -0.2) is 17.3 Å². The molecule has 1 aromatic carbocycles. The minimum Gasteiger partial charge on any atom is -0.461 e. The summed E-state index contributed by atoms with van der Waals surface area (Å²) in [5.74, 6) is -0.157. The van der Waals surface area contributed by atoms with Crippen LogP contribution in [0.15, 0.2) is 35.2 Å². The van der Waals surface area contributed by atoms with Crippen molar-refractivity contribution in [3.63, 3.8) is 0 Å². The lowest BCUT2D eigenvalue weighted by atomic mass is 9.97. The van der Waals surface area contributed by atoms with Crippen LogP contribution in [0.2, 0.25) is 0 Å². The van der Waals surface area contributed by atoms with Gasteiger partial charge in [0.1, 0.15) is 6.10 Å². The molecule has 0 aliphatic heterocycles. The third kappa shape index (κ3) is 3.77. The van der Waals surface area contributed by atoms with Crippen molar-refractivity contribution in [3.8, 4) is 0 Å². The number of hydrogen-bond donors (Lipinski definition) is 0. The van der Waals surface area contributed by atoms with Gasteiger partial charge in [0.2, 0.25) is 0 Å². The zero-order chi connectivity index (χ0) is 12.1. The quantitative estimate of drug-likeness (QED) is 0.766. The normalized spacial score (nSPS) is 24.3. The summed E-state index contributed by atoms with van der Waals surface area (Å²) in [6, 6.07) is 10.3. The molecule has 1 fully saturated rings. The molecule has 0 spiro atoms. The molecule has 1 aliphatic rings. The van der Waals surface area contributed by atoms with E-state index in [9.17, 15) is 4.79 Å². The summed E-state index contributed by atoms with van der Waals surface area (Å²) in [7, 11) is 0. The zero-order valence-corrected chi connectivity index (χ0v) is 10.9. The summed E-state index contributed by atoms with van der Waals surface area (Å²) < 4.78 is 5.42. The first-order valence-corrected chi connectivity index (χ1v) is 7.02. The van der Waals surface area contributed by atoms with Gasteiger partial charge in [-0.15, -0.1) is 11.8 Å². The average Bonchev–Trinajstić information content (AvgIpc) is 2.32. The lowest BCUT2D eigenvalue weighted by molar-refractivity contribution is -0.147. The molecule has 3 heteroatoms. The predicted octanol–water partition coefficient (Wildman–Crippen LogP) is 3.65. The Morgan fingerprint density at radius 3 is 2.65 bits per heavy atom. The number of carbonyl (C=O) groups is 1. The van der Waals surface area contributed by atoms with Gasteiger partial charge in [0.25, 0.3) is 0 Å². The fourth-order valence-corrected chi connectivity index (χ4v) is 3.51. The highest BCUT2D eigenvalue weighted by molar-refractivity contribution is 8.00. The molecule has 0 N–H and O–H groups in total. The molecular weight excluding hydrogens is 232 g/mol. The van der Waals surface area contributed by atoms with Crippen LogP contribution >= 0.6 is 11.8 Å². The van der Waals surface area contributed by atoms with Gasteiger partial charge in [-0.2, -0.15) is 0 Å². The van der Waals surface area contributed by atoms with Crippen LogP contribution in [0.25, 0.3) is 0 Å². The highest BCUT2D eigenvalue weighted by Gasteiger charge is 2.28. The van der Waals surface area contributed by atoms with Gasteiger partial charge < -0.3 is 4.74 Å². The largest absolute Gasteiger partial charge is 0.461 e. The van der Waals surface area contributed by atoms with Gasteiger partial charge in [-0.25, -0.2) is 0 Å². The third-order valence-corrected chi connectivity index (χ3v) is 4.38. The molecule has 17 heavy (non-hydrogen) atoms. The van der Waals surface area contributed by atoms with Gasteiger partial charge in [-0.1, -0.05) is 24.6 Å². The fraction of sp³-hybridized carbons (Fsp3) is 0.500. The molecule has 2 nitrogen and oxygen atoms in total. The standard InChI is InChI=1S/C14H18O2S/c1-11(15)16-13-9-5-6-10-14(13)17-12-7-3-2-4-8-12/h2-4,7-8,13-14H,5-6,9-10H2,1H3/t13-,14+/m0/s1. The van der Waals surface area contributed by atoms with E-state index in [1.807, 2.05) is 30.0 Å². The second-order valence-corrected chi connectivity index (χ2v) is 5.71. The molecule has 0 bridgehead atoms. The molecule has 0 heterocycles. The number of ether oxygens (including phenoxy) is 1. The number of esters is 1. The van der Waals surface area contributed by atoms with Crippen molar-refractivity contribution in [3.05, 3.63) is 30.3 Å². The van der Waals surface area contributed by atoms with E-state index in [2.05, 4.69) is 12.1 Å². The van der Waals surface area contributed by atoms with Crippen LogP contribution in [0.4, 0.5) is 0 Å². The lowest BCUT2D eigenvalue weighted by Crippen LogP contribution is -2.31. The number of benzene rings is 1. The topological polar surface area (TPSA) is 26.3 Å². The molecule has 1 aromatic rings. The number of hydrogen-bond acceptors (Lipinski definition) is 3. The van der Waals surface area contributed by atoms with Gasteiger partial charge >= 0.3 is 5.97 Å². The summed E-state index contributed by atoms with van der Waals surface area (Å²) in [5.41, 5.74) is 0. The Bertz CT molecular complexity index is 364. The van der Waals surface area contributed by atoms with Crippen LogP contribution in [-0.2, 0) is 9.53 Å². The highest BCUT2D eigenvalue weighted by atomic mass is 32.2. The molecule has 0 amide bonds.